The number of anilines is 1. The van der Waals surface area contributed by atoms with Crippen molar-refractivity contribution in [2.45, 2.75) is 26.7 Å². The minimum absolute atomic E-state index is 0.0480. The normalized spacial score (nSPS) is 10.3. The van der Waals surface area contributed by atoms with Crippen LogP contribution in [0, 0.1) is 17.0 Å². The fourth-order valence-electron chi connectivity index (χ4n) is 1.48. The van der Waals surface area contributed by atoms with E-state index in [0.717, 1.165) is 26.0 Å². The first-order valence-corrected chi connectivity index (χ1v) is 6.08. The van der Waals surface area contributed by atoms with Crippen molar-refractivity contribution in [3.8, 4) is 0 Å². The Morgan fingerprint density at radius 3 is 2.83 bits per heavy atom. The summed E-state index contributed by atoms with van der Waals surface area (Å²) in [5, 5.41) is 13.7. The van der Waals surface area contributed by atoms with Gasteiger partial charge in [-0.3, -0.25) is 10.1 Å². The smallest absolute Gasteiger partial charge is 0.290 e. The summed E-state index contributed by atoms with van der Waals surface area (Å²) in [6.07, 6.45) is 1.91. The third-order valence-corrected chi connectivity index (χ3v) is 2.37. The first-order chi connectivity index (χ1) is 8.65. The molecule has 0 saturated carbocycles. The van der Waals surface area contributed by atoms with Gasteiger partial charge in [0.15, 0.2) is 0 Å². The zero-order chi connectivity index (χ0) is 13.4. The monoisotopic (exact) mass is 253 g/mol. The maximum Gasteiger partial charge on any atom is 0.290 e. The first kappa shape index (κ1) is 14.4. The molecule has 6 heteroatoms. The molecule has 0 spiro atoms. The summed E-state index contributed by atoms with van der Waals surface area (Å²) < 4.78 is 5.35. The number of rotatable bonds is 8. The Balaban J connectivity index is 2.35. The highest BCUT2D eigenvalue weighted by Crippen LogP contribution is 2.17. The fraction of sp³-hybridized carbons (Fsp3) is 0.583. The average molecular weight is 253 g/mol. The van der Waals surface area contributed by atoms with Crippen molar-refractivity contribution in [3.05, 3.63) is 27.9 Å². The van der Waals surface area contributed by atoms with E-state index in [9.17, 15) is 10.1 Å². The lowest BCUT2D eigenvalue weighted by molar-refractivity contribution is -0.385. The predicted molar refractivity (Wildman–Crippen MR) is 69.8 cm³/mol. The van der Waals surface area contributed by atoms with Crippen molar-refractivity contribution in [2.24, 2.45) is 0 Å². The summed E-state index contributed by atoms with van der Waals surface area (Å²) in [4.78, 5) is 14.3. The zero-order valence-corrected chi connectivity index (χ0v) is 10.8. The predicted octanol–water partition coefficient (Wildman–Crippen LogP) is 2.53. The Bertz CT molecular complexity index is 396. The van der Waals surface area contributed by atoms with Crippen LogP contribution in [0.1, 0.15) is 25.5 Å². The summed E-state index contributed by atoms with van der Waals surface area (Å²) in [6, 6.07) is 3.09. The largest absolute Gasteiger partial charge is 0.381 e. The molecule has 0 amide bonds. The van der Waals surface area contributed by atoms with Crippen molar-refractivity contribution < 1.29 is 9.66 Å². The standard InChI is InChI=1S/C12H19N3O3/c1-3-8-18-9-4-7-13-12-6-5-11(15(16)17)10(2)14-12/h5-6H,3-4,7-9H2,1-2H3,(H,13,14). The van der Waals surface area contributed by atoms with Gasteiger partial charge in [0, 0.05) is 25.8 Å². The average Bonchev–Trinajstić information content (AvgIpc) is 2.33. The molecule has 0 radical (unpaired) electrons. The minimum atomic E-state index is -0.426. The molecule has 1 rings (SSSR count). The third kappa shape index (κ3) is 4.67. The minimum Gasteiger partial charge on any atom is -0.381 e. The topological polar surface area (TPSA) is 77.3 Å². The van der Waals surface area contributed by atoms with Gasteiger partial charge in [0.05, 0.1) is 4.92 Å². The number of aryl methyl sites for hydroxylation is 1. The third-order valence-electron chi connectivity index (χ3n) is 2.37. The summed E-state index contributed by atoms with van der Waals surface area (Å²) in [5.41, 5.74) is 0.471. The highest BCUT2D eigenvalue weighted by Gasteiger charge is 2.11. The van der Waals surface area contributed by atoms with Crippen LogP contribution in [-0.2, 0) is 4.74 Å². The molecule has 18 heavy (non-hydrogen) atoms. The second kappa shape index (κ2) is 7.60. The van der Waals surface area contributed by atoms with Gasteiger partial charge in [-0.25, -0.2) is 4.98 Å². The molecule has 1 heterocycles. The second-order valence-electron chi connectivity index (χ2n) is 3.95. The fourth-order valence-corrected chi connectivity index (χ4v) is 1.48. The Morgan fingerprint density at radius 1 is 1.44 bits per heavy atom. The summed E-state index contributed by atoms with van der Waals surface area (Å²) >= 11 is 0. The lowest BCUT2D eigenvalue weighted by Gasteiger charge is -2.06. The highest BCUT2D eigenvalue weighted by molar-refractivity contribution is 5.44. The Kier molecular flexibility index (Phi) is 6.07. The molecule has 1 aromatic heterocycles. The summed E-state index contributed by atoms with van der Waals surface area (Å²) in [6.45, 7) is 5.95. The second-order valence-corrected chi connectivity index (χ2v) is 3.95. The van der Waals surface area contributed by atoms with Gasteiger partial charge in [-0.2, -0.15) is 0 Å². The SMILES string of the molecule is CCCOCCCNc1ccc([N+](=O)[O-])c(C)n1. The highest BCUT2D eigenvalue weighted by atomic mass is 16.6. The quantitative estimate of drug-likeness (QED) is 0.437. The van der Waals surface area contributed by atoms with E-state index in [2.05, 4.69) is 17.2 Å². The molecular weight excluding hydrogens is 234 g/mol. The van der Waals surface area contributed by atoms with Crippen LogP contribution in [0.2, 0.25) is 0 Å². The van der Waals surface area contributed by atoms with Crippen LogP contribution >= 0.6 is 0 Å². The van der Waals surface area contributed by atoms with Crippen LogP contribution in [0.4, 0.5) is 11.5 Å². The molecular formula is C12H19N3O3. The van der Waals surface area contributed by atoms with Gasteiger partial charge in [0.2, 0.25) is 0 Å². The number of hydrogen-bond donors (Lipinski definition) is 1. The Hall–Kier alpha value is -1.69. The van der Waals surface area contributed by atoms with E-state index in [-0.39, 0.29) is 5.69 Å². The molecule has 0 aliphatic rings. The van der Waals surface area contributed by atoms with Crippen LogP contribution in [0.5, 0.6) is 0 Å². The van der Waals surface area contributed by atoms with Crippen molar-refractivity contribution >= 4 is 11.5 Å². The Morgan fingerprint density at radius 2 is 2.22 bits per heavy atom. The van der Waals surface area contributed by atoms with Crippen molar-refractivity contribution in [1.82, 2.24) is 4.98 Å². The van der Waals surface area contributed by atoms with Gasteiger partial charge < -0.3 is 10.1 Å². The van der Waals surface area contributed by atoms with E-state index >= 15 is 0 Å². The van der Waals surface area contributed by atoms with Crippen LogP contribution in [-0.4, -0.2) is 29.7 Å². The lowest BCUT2D eigenvalue weighted by atomic mass is 10.3. The van der Waals surface area contributed by atoms with Crippen molar-refractivity contribution in [1.29, 1.82) is 0 Å². The number of nitrogens with zero attached hydrogens (tertiary/aromatic N) is 2. The van der Waals surface area contributed by atoms with E-state index < -0.39 is 4.92 Å². The van der Waals surface area contributed by atoms with Gasteiger partial charge in [-0.15, -0.1) is 0 Å². The molecule has 1 N–H and O–H groups in total. The van der Waals surface area contributed by atoms with Crippen LogP contribution in [0.15, 0.2) is 12.1 Å². The zero-order valence-electron chi connectivity index (χ0n) is 10.8. The van der Waals surface area contributed by atoms with Crippen molar-refractivity contribution in [2.75, 3.05) is 25.1 Å². The number of nitro groups is 1. The van der Waals surface area contributed by atoms with E-state index in [1.54, 1.807) is 13.0 Å². The van der Waals surface area contributed by atoms with E-state index in [1.807, 2.05) is 0 Å². The number of ether oxygens (including phenoxy) is 1. The van der Waals surface area contributed by atoms with Gasteiger partial charge >= 0.3 is 0 Å². The summed E-state index contributed by atoms with van der Waals surface area (Å²) in [7, 11) is 0. The maximum atomic E-state index is 10.6. The lowest BCUT2D eigenvalue weighted by Crippen LogP contribution is -2.08. The number of pyridine rings is 1. The number of aromatic nitrogens is 1. The number of hydrogen-bond acceptors (Lipinski definition) is 5. The molecule has 1 aromatic rings. The number of nitrogens with one attached hydrogen (secondary N) is 1. The molecule has 0 unspecified atom stereocenters. The molecule has 0 bridgehead atoms. The summed E-state index contributed by atoms with van der Waals surface area (Å²) in [5.74, 6) is 0.661. The van der Waals surface area contributed by atoms with Crippen LogP contribution < -0.4 is 5.32 Å². The van der Waals surface area contributed by atoms with Crippen molar-refractivity contribution in [3.63, 3.8) is 0 Å². The van der Waals surface area contributed by atoms with Gasteiger partial charge in [-0.1, -0.05) is 6.92 Å². The molecule has 0 atom stereocenters. The molecule has 0 fully saturated rings. The molecule has 0 aliphatic heterocycles. The first-order valence-electron chi connectivity index (χ1n) is 6.08. The Labute approximate surface area is 107 Å². The van der Waals surface area contributed by atoms with Gasteiger partial charge in [-0.05, 0) is 25.8 Å². The molecule has 100 valence electrons. The van der Waals surface area contributed by atoms with E-state index in [1.165, 1.54) is 6.07 Å². The van der Waals surface area contributed by atoms with Crippen LogP contribution in [0.3, 0.4) is 0 Å². The molecule has 0 aliphatic carbocycles. The molecule has 0 aromatic carbocycles. The van der Waals surface area contributed by atoms with E-state index in [0.29, 0.717) is 18.1 Å². The molecule has 0 saturated heterocycles. The van der Waals surface area contributed by atoms with Gasteiger partial charge in [0.25, 0.3) is 5.69 Å². The van der Waals surface area contributed by atoms with Gasteiger partial charge in [0.1, 0.15) is 11.5 Å². The van der Waals surface area contributed by atoms with E-state index in [4.69, 9.17) is 4.74 Å². The van der Waals surface area contributed by atoms with Crippen LogP contribution in [0.25, 0.3) is 0 Å². The molecule has 6 nitrogen and oxygen atoms in total. The maximum absolute atomic E-state index is 10.6.